The minimum atomic E-state index is 0.468. The van der Waals surface area contributed by atoms with Crippen molar-refractivity contribution in [3.8, 4) is 0 Å². The van der Waals surface area contributed by atoms with Gasteiger partial charge in [0.25, 0.3) is 0 Å². The molecule has 0 heterocycles. The van der Waals surface area contributed by atoms with Gasteiger partial charge in [0, 0.05) is 17.8 Å². The molecule has 0 aromatic heterocycles. The Labute approximate surface area is 109 Å². The van der Waals surface area contributed by atoms with E-state index in [0.29, 0.717) is 11.3 Å². The van der Waals surface area contributed by atoms with Gasteiger partial charge in [-0.1, -0.05) is 25.1 Å². The number of nitrogens with one attached hydrogen (secondary N) is 1. The van der Waals surface area contributed by atoms with Crippen molar-refractivity contribution in [2.24, 2.45) is 0 Å². The van der Waals surface area contributed by atoms with E-state index in [4.69, 9.17) is 0 Å². The quantitative estimate of drug-likeness (QED) is 0.856. The van der Waals surface area contributed by atoms with Gasteiger partial charge in [0.2, 0.25) is 0 Å². The normalized spacial score (nSPS) is 17.8. The first kappa shape index (κ1) is 13.0. The van der Waals surface area contributed by atoms with E-state index in [-0.39, 0.29) is 0 Å². The molecule has 0 spiro atoms. The lowest BCUT2D eigenvalue weighted by Gasteiger charge is -2.17. The molecule has 1 aromatic carbocycles. The third-order valence-corrected chi connectivity index (χ3v) is 4.71. The van der Waals surface area contributed by atoms with E-state index in [0.717, 1.165) is 6.54 Å². The fourth-order valence-corrected chi connectivity index (χ4v) is 2.67. The van der Waals surface area contributed by atoms with Crippen molar-refractivity contribution in [1.82, 2.24) is 5.32 Å². The number of rotatable bonds is 5. The van der Waals surface area contributed by atoms with Crippen molar-refractivity contribution in [3.63, 3.8) is 0 Å². The number of hydrogen-bond acceptors (Lipinski definition) is 2. The summed E-state index contributed by atoms with van der Waals surface area (Å²) in [6.45, 7) is 5.62. The highest BCUT2D eigenvalue weighted by atomic mass is 32.2. The molecule has 94 valence electrons. The van der Waals surface area contributed by atoms with Crippen LogP contribution < -0.4 is 5.32 Å². The first-order valence-electron chi connectivity index (χ1n) is 6.58. The molecule has 0 saturated carbocycles. The van der Waals surface area contributed by atoms with Crippen molar-refractivity contribution in [2.75, 3.05) is 12.8 Å². The number of fused-ring (bicyclic) bond motifs is 1. The van der Waals surface area contributed by atoms with Crippen LogP contribution >= 0.6 is 11.8 Å². The van der Waals surface area contributed by atoms with Crippen LogP contribution in [0.4, 0.5) is 0 Å². The fourth-order valence-electron chi connectivity index (χ4n) is 2.41. The van der Waals surface area contributed by atoms with Crippen LogP contribution in [0.2, 0.25) is 0 Å². The third kappa shape index (κ3) is 3.26. The van der Waals surface area contributed by atoms with Gasteiger partial charge in [0.15, 0.2) is 0 Å². The Balaban J connectivity index is 1.97. The van der Waals surface area contributed by atoms with E-state index in [1.807, 2.05) is 11.8 Å². The summed E-state index contributed by atoms with van der Waals surface area (Å²) in [6, 6.07) is 7.50. The average Bonchev–Trinajstić information content (AvgIpc) is 2.82. The molecular formula is C15H23NS. The van der Waals surface area contributed by atoms with E-state index < -0.39 is 0 Å². The Morgan fingerprint density at radius 3 is 2.76 bits per heavy atom. The second kappa shape index (κ2) is 5.92. The molecule has 0 aliphatic heterocycles. The van der Waals surface area contributed by atoms with Crippen LogP contribution in [0.3, 0.4) is 0 Å². The van der Waals surface area contributed by atoms with Gasteiger partial charge < -0.3 is 5.32 Å². The monoisotopic (exact) mass is 249 g/mol. The van der Waals surface area contributed by atoms with Crippen molar-refractivity contribution in [2.45, 2.75) is 44.4 Å². The highest BCUT2D eigenvalue weighted by Crippen LogP contribution is 2.25. The molecular weight excluding hydrogens is 226 g/mol. The van der Waals surface area contributed by atoms with Crippen LogP contribution in [0.25, 0.3) is 0 Å². The van der Waals surface area contributed by atoms with Gasteiger partial charge in [-0.15, -0.1) is 0 Å². The van der Waals surface area contributed by atoms with Crippen molar-refractivity contribution in [1.29, 1.82) is 0 Å². The first-order valence-corrected chi connectivity index (χ1v) is 7.87. The zero-order valence-electron chi connectivity index (χ0n) is 11.1. The Kier molecular flexibility index (Phi) is 4.52. The SMILES string of the molecule is CSC(C)CNC(C)c1ccc2c(c1)CCC2. The zero-order chi connectivity index (χ0) is 12.3. The minimum Gasteiger partial charge on any atom is -0.309 e. The highest BCUT2D eigenvalue weighted by Gasteiger charge is 2.13. The van der Waals surface area contributed by atoms with Gasteiger partial charge in [0.05, 0.1) is 0 Å². The largest absolute Gasteiger partial charge is 0.309 e. The van der Waals surface area contributed by atoms with Gasteiger partial charge in [-0.3, -0.25) is 0 Å². The van der Waals surface area contributed by atoms with Crippen molar-refractivity contribution >= 4 is 11.8 Å². The van der Waals surface area contributed by atoms with Crippen LogP contribution in [0.15, 0.2) is 18.2 Å². The van der Waals surface area contributed by atoms with Crippen LogP contribution in [-0.4, -0.2) is 18.1 Å². The third-order valence-electron chi connectivity index (χ3n) is 3.74. The number of hydrogen-bond donors (Lipinski definition) is 1. The molecule has 2 heteroatoms. The predicted octanol–water partition coefficient (Wildman–Crippen LogP) is 3.58. The molecule has 0 amide bonds. The summed E-state index contributed by atoms with van der Waals surface area (Å²) in [5, 5.41) is 4.31. The summed E-state index contributed by atoms with van der Waals surface area (Å²) in [4.78, 5) is 0. The van der Waals surface area contributed by atoms with Gasteiger partial charge in [-0.25, -0.2) is 0 Å². The molecule has 2 rings (SSSR count). The topological polar surface area (TPSA) is 12.0 Å². The van der Waals surface area contributed by atoms with Crippen molar-refractivity contribution < 1.29 is 0 Å². The maximum absolute atomic E-state index is 3.62. The Morgan fingerprint density at radius 2 is 2.00 bits per heavy atom. The molecule has 0 radical (unpaired) electrons. The van der Waals surface area contributed by atoms with Crippen molar-refractivity contribution in [3.05, 3.63) is 34.9 Å². The van der Waals surface area contributed by atoms with Gasteiger partial charge >= 0.3 is 0 Å². The first-order chi connectivity index (χ1) is 8.20. The molecule has 1 aromatic rings. The van der Waals surface area contributed by atoms with Gasteiger partial charge in [0.1, 0.15) is 0 Å². The molecule has 0 fully saturated rings. The summed E-state index contributed by atoms with van der Waals surface area (Å²) in [6.07, 6.45) is 6.06. The van der Waals surface area contributed by atoms with Crippen LogP contribution in [0.5, 0.6) is 0 Å². The molecule has 17 heavy (non-hydrogen) atoms. The summed E-state index contributed by atoms with van der Waals surface area (Å²) in [5.74, 6) is 0. The van der Waals surface area contributed by atoms with Gasteiger partial charge in [-0.2, -0.15) is 11.8 Å². The van der Waals surface area contributed by atoms with E-state index in [1.165, 1.54) is 24.8 Å². The lowest BCUT2D eigenvalue weighted by Crippen LogP contribution is -2.25. The summed E-state index contributed by atoms with van der Waals surface area (Å²) in [7, 11) is 0. The number of benzene rings is 1. The molecule has 1 nitrogen and oxygen atoms in total. The lowest BCUT2D eigenvalue weighted by molar-refractivity contribution is 0.575. The highest BCUT2D eigenvalue weighted by molar-refractivity contribution is 7.99. The lowest BCUT2D eigenvalue weighted by atomic mass is 10.0. The summed E-state index contributed by atoms with van der Waals surface area (Å²) in [5.41, 5.74) is 4.59. The maximum atomic E-state index is 3.62. The second-order valence-corrected chi connectivity index (χ2v) is 6.33. The summed E-state index contributed by atoms with van der Waals surface area (Å²) >= 11 is 1.92. The van der Waals surface area contributed by atoms with E-state index in [1.54, 1.807) is 11.1 Å². The number of aryl methyl sites for hydroxylation is 2. The predicted molar refractivity (Wildman–Crippen MR) is 77.9 cm³/mol. The molecule has 0 bridgehead atoms. The van der Waals surface area contributed by atoms with Gasteiger partial charge in [-0.05, 0) is 49.1 Å². The Hall–Kier alpha value is -0.470. The maximum Gasteiger partial charge on any atom is 0.0292 e. The smallest absolute Gasteiger partial charge is 0.0292 e. The zero-order valence-corrected chi connectivity index (χ0v) is 11.9. The average molecular weight is 249 g/mol. The molecule has 2 atom stereocenters. The fraction of sp³-hybridized carbons (Fsp3) is 0.600. The van der Waals surface area contributed by atoms with E-state index >= 15 is 0 Å². The van der Waals surface area contributed by atoms with E-state index in [2.05, 4.69) is 43.6 Å². The van der Waals surface area contributed by atoms with E-state index in [9.17, 15) is 0 Å². The molecule has 0 saturated heterocycles. The molecule has 1 aliphatic carbocycles. The van der Waals surface area contributed by atoms with Crippen LogP contribution in [-0.2, 0) is 12.8 Å². The second-order valence-electron chi connectivity index (χ2n) is 5.06. The minimum absolute atomic E-state index is 0.468. The number of thioether (sulfide) groups is 1. The molecule has 2 unspecified atom stereocenters. The molecule has 1 N–H and O–H groups in total. The Bertz CT molecular complexity index is 375. The van der Waals surface area contributed by atoms with Crippen LogP contribution in [0, 0.1) is 0 Å². The standard InChI is InChI=1S/C15H23NS/c1-11(17-3)10-16-12(2)14-8-7-13-5-4-6-15(13)9-14/h7-9,11-12,16H,4-6,10H2,1-3H3. The van der Waals surface area contributed by atoms with Crippen LogP contribution in [0.1, 0.15) is 43.0 Å². The molecule has 1 aliphatic rings. The Morgan fingerprint density at radius 1 is 1.24 bits per heavy atom. The summed E-state index contributed by atoms with van der Waals surface area (Å²) < 4.78 is 0.